The smallest absolute Gasteiger partial charge is 0.335 e. The fraction of sp³-hybridized carbons (Fsp3) is 0.154. The highest BCUT2D eigenvalue weighted by Crippen LogP contribution is 2.18. The van der Waals surface area contributed by atoms with Crippen molar-refractivity contribution in [2.45, 2.75) is 13.3 Å². The van der Waals surface area contributed by atoms with Gasteiger partial charge in [-0.3, -0.25) is 0 Å². The average molecular weight is 244 g/mol. The molecule has 2 aromatic rings. The van der Waals surface area contributed by atoms with E-state index in [1.54, 1.807) is 24.5 Å². The maximum atomic E-state index is 10.7. The van der Waals surface area contributed by atoms with E-state index in [0.29, 0.717) is 5.75 Å². The number of aromatic carboxylic acids is 1. The third-order valence-electron chi connectivity index (χ3n) is 2.40. The number of nitrogens with zero attached hydrogens (tertiary/aromatic N) is 2. The van der Waals surface area contributed by atoms with Gasteiger partial charge in [0.2, 0.25) is 0 Å². The number of carboxylic acid groups (broad SMARTS) is 1. The van der Waals surface area contributed by atoms with E-state index in [-0.39, 0.29) is 11.6 Å². The molecule has 2 rings (SSSR count). The third-order valence-corrected chi connectivity index (χ3v) is 2.40. The summed E-state index contributed by atoms with van der Waals surface area (Å²) in [7, 11) is 0. The number of benzene rings is 1. The van der Waals surface area contributed by atoms with Crippen LogP contribution in [0.1, 0.15) is 22.8 Å². The SMILES string of the molecule is CCc1cnc(Oc2ccc(C(=O)O)cc2)nc1. The zero-order chi connectivity index (χ0) is 13.0. The molecule has 0 bridgehead atoms. The van der Waals surface area contributed by atoms with Gasteiger partial charge >= 0.3 is 12.0 Å². The lowest BCUT2D eigenvalue weighted by Gasteiger charge is -2.04. The van der Waals surface area contributed by atoms with Gasteiger partial charge in [0.15, 0.2) is 0 Å². The van der Waals surface area contributed by atoms with Gasteiger partial charge in [0.05, 0.1) is 5.56 Å². The molecule has 0 saturated heterocycles. The van der Waals surface area contributed by atoms with Gasteiger partial charge in [0.25, 0.3) is 0 Å². The molecule has 1 heterocycles. The molecule has 0 amide bonds. The van der Waals surface area contributed by atoms with Crippen molar-refractivity contribution in [3.8, 4) is 11.8 Å². The first-order valence-electron chi connectivity index (χ1n) is 5.51. The summed E-state index contributed by atoms with van der Waals surface area (Å²) in [5, 5.41) is 8.76. The van der Waals surface area contributed by atoms with Crippen LogP contribution in [0.15, 0.2) is 36.7 Å². The predicted molar refractivity (Wildman–Crippen MR) is 64.9 cm³/mol. The second-order valence-corrected chi connectivity index (χ2v) is 3.66. The number of hydrogen-bond acceptors (Lipinski definition) is 4. The fourth-order valence-corrected chi connectivity index (χ4v) is 1.35. The van der Waals surface area contributed by atoms with Crippen LogP contribution in [-0.4, -0.2) is 21.0 Å². The first-order chi connectivity index (χ1) is 8.69. The highest BCUT2D eigenvalue weighted by molar-refractivity contribution is 5.87. The van der Waals surface area contributed by atoms with Crippen molar-refractivity contribution in [2.24, 2.45) is 0 Å². The minimum absolute atomic E-state index is 0.213. The number of rotatable bonds is 4. The third kappa shape index (κ3) is 2.82. The maximum Gasteiger partial charge on any atom is 0.335 e. The van der Waals surface area contributed by atoms with Crippen LogP contribution in [0.5, 0.6) is 11.8 Å². The molecule has 0 radical (unpaired) electrons. The molecule has 1 aromatic carbocycles. The van der Waals surface area contributed by atoms with E-state index in [9.17, 15) is 4.79 Å². The van der Waals surface area contributed by atoms with Crippen LogP contribution in [-0.2, 0) is 6.42 Å². The van der Waals surface area contributed by atoms with E-state index >= 15 is 0 Å². The van der Waals surface area contributed by atoms with Crippen molar-refractivity contribution < 1.29 is 14.6 Å². The fourth-order valence-electron chi connectivity index (χ4n) is 1.35. The molecular weight excluding hydrogens is 232 g/mol. The maximum absolute atomic E-state index is 10.7. The zero-order valence-corrected chi connectivity index (χ0v) is 9.83. The number of aryl methyl sites for hydroxylation is 1. The number of hydrogen-bond donors (Lipinski definition) is 1. The molecule has 0 atom stereocenters. The number of aromatic nitrogens is 2. The molecule has 1 N–H and O–H groups in total. The summed E-state index contributed by atoms with van der Waals surface area (Å²) in [5.41, 5.74) is 1.24. The quantitative estimate of drug-likeness (QED) is 0.894. The lowest BCUT2D eigenvalue weighted by Crippen LogP contribution is -1.96. The molecule has 0 saturated carbocycles. The highest BCUT2D eigenvalue weighted by Gasteiger charge is 2.04. The molecule has 0 unspecified atom stereocenters. The van der Waals surface area contributed by atoms with Crippen LogP contribution >= 0.6 is 0 Å². The molecule has 0 aliphatic heterocycles. The summed E-state index contributed by atoms with van der Waals surface area (Å²) < 4.78 is 5.40. The van der Waals surface area contributed by atoms with Gasteiger partial charge in [0.1, 0.15) is 5.75 Å². The van der Waals surface area contributed by atoms with Gasteiger partial charge in [0, 0.05) is 12.4 Å². The van der Waals surface area contributed by atoms with E-state index in [2.05, 4.69) is 9.97 Å². The number of carboxylic acids is 1. The Morgan fingerprint density at radius 2 is 1.83 bits per heavy atom. The summed E-state index contributed by atoms with van der Waals surface area (Å²) >= 11 is 0. The van der Waals surface area contributed by atoms with E-state index in [1.807, 2.05) is 6.92 Å². The lowest BCUT2D eigenvalue weighted by molar-refractivity contribution is 0.0697. The minimum Gasteiger partial charge on any atom is -0.478 e. The van der Waals surface area contributed by atoms with Gasteiger partial charge in [-0.25, -0.2) is 14.8 Å². The molecule has 0 aliphatic carbocycles. The Morgan fingerprint density at radius 1 is 1.22 bits per heavy atom. The molecule has 18 heavy (non-hydrogen) atoms. The van der Waals surface area contributed by atoms with Gasteiger partial charge < -0.3 is 9.84 Å². The standard InChI is InChI=1S/C13H12N2O3/c1-2-9-7-14-13(15-8-9)18-11-5-3-10(4-6-11)12(16)17/h3-8H,2H2,1H3,(H,16,17). The van der Waals surface area contributed by atoms with E-state index in [4.69, 9.17) is 9.84 Å². The first kappa shape index (κ1) is 12.0. The molecule has 0 fully saturated rings. The minimum atomic E-state index is -0.968. The highest BCUT2D eigenvalue weighted by atomic mass is 16.5. The molecule has 1 aromatic heterocycles. The summed E-state index contributed by atoms with van der Waals surface area (Å²) in [5.74, 6) is -0.464. The lowest BCUT2D eigenvalue weighted by atomic mass is 10.2. The van der Waals surface area contributed by atoms with Gasteiger partial charge in [-0.05, 0) is 36.2 Å². The van der Waals surface area contributed by atoms with Crippen molar-refractivity contribution in [1.29, 1.82) is 0 Å². The van der Waals surface area contributed by atoms with Crippen LogP contribution in [0.4, 0.5) is 0 Å². The van der Waals surface area contributed by atoms with Gasteiger partial charge in [-0.2, -0.15) is 0 Å². The molecule has 0 spiro atoms. The molecule has 92 valence electrons. The van der Waals surface area contributed by atoms with Crippen LogP contribution in [0.3, 0.4) is 0 Å². The summed E-state index contributed by atoms with van der Waals surface area (Å²) in [6, 6.07) is 6.33. The number of ether oxygens (including phenoxy) is 1. The Hall–Kier alpha value is -2.43. The second-order valence-electron chi connectivity index (χ2n) is 3.66. The Bertz CT molecular complexity index is 535. The van der Waals surface area contributed by atoms with E-state index in [0.717, 1.165) is 12.0 Å². The van der Waals surface area contributed by atoms with Gasteiger partial charge in [-0.15, -0.1) is 0 Å². The van der Waals surface area contributed by atoms with Crippen molar-refractivity contribution in [3.63, 3.8) is 0 Å². The Morgan fingerprint density at radius 3 is 2.33 bits per heavy atom. The largest absolute Gasteiger partial charge is 0.478 e. The first-order valence-corrected chi connectivity index (χ1v) is 5.51. The van der Waals surface area contributed by atoms with Gasteiger partial charge in [-0.1, -0.05) is 6.92 Å². The Labute approximate surface area is 104 Å². The number of carbonyl (C=O) groups is 1. The normalized spacial score (nSPS) is 10.1. The van der Waals surface area contributed by atoms with Crippen LogP contribution in [0.25, 0.3) is 0 Å². The summed E-state index contributed by atoms with van der Waals surface area (Å²) in [4.78, 5) is 18.8. The second kappa shape index (κ2) is 5.27. The molecular formula is C13H12N2O3. The zero-order valence-electron chi connectivity index (χ0n) is 9.83. The van der Waals surface area contributed by atoms with Crippen molar-refractivity contribution >= 4 is 5.97 Å². The van der Waals surface area contributed by atoms with Crippen molar-refractivity contribution in [1.82, 2.24) is 9.97 Å². The Kier molecular flexibility index (Phi) is 3.52. The molecule has 5 nitrogen and oxygen atoms in total. The summed E-state index contributed by atoms with van der Waals surface area (Å²) in [6.45, 7) is 2.02. The average Bonchev–Trinajstić information content (AvgIpc) is 2.40. The molecule has 5 heteroatoms. The topological polar surface area (TPSA) is 72.3 Å². The van der Waals surface area contributed by atoms with Crippen LogP contribution < -0.4 is 4.74 Å². The summed E-state index contributed by atoms with van der Waals surface area (Å²) in [6.07, 6.45) is 4.27. The Balaban J connectivity index is 2.10. The van der Waals surface area contributed by atoms with Crippen molar-refractivity contribution in [3.05, 3.63) is 47.8 Å². The van der Waals surface area contributed by atoms with E-state index < -0.39 is 5.97 Å². The monoisotopic (exact) mass is 244 g/mol. The van der Waals surface area contributed by atoms with Crippen molar-refractivity contribution in [2.75, 3.05) is 0 Å². The van der Waals surface area contributed by atoms with Crippen LogP contribution in [0.2, 0.25) is 0 Å². The van der Waals surface area contributed by atoms with Crippen LogP contribution in [0, 0.1) is 0 Å². The van der Waals surface area contributed by atoms with E-state index in [1.165, 1.54) is 12.1 Å². The predicted octanol–water partition coefficient (Wildman–Crippen LogP) is 2.53. The molecule has 0 aliphatic rings.